The molecule has 0 atom stereocenters. The van der Waals surface area contributed by atoms with Gasteiger partial charge in [-0.25, -0.2) is 0 Å². The number of nitrogens with one attached hydrogen (secondary N) is 2. The van der Waals surface area contributed by atoms with Crippen LogP contribution in [0.25, 0.3) is 16.8 Å². The molecule has 3 rings (SSSR count). The van der Waals surface area contributed by atoms with Crippen LogP contribution in [-0.4, -0.2) is 42.0 Å². The van der Waals surface area contributed by atoms with Crippen LogP contribution in [0.3, 0.4) is 0 Å². The van der Waals surface area contributed by atoms with Crippen LogP contribution in [0.5, 0.6) is 5.75 Å². The van der Waals surface area contributed by atoms with E-state index in [1.54, 1.807) is 55.6 Å². The SMILES string of the molecule is COCCNC(=O)c1cccc(/C=C/C(=O)c2[nH]c(=O)c3ccccc3c2O)c1. The van der Waals surface area contributed by atoms with E-state index in [4.69, 9.17) is 4.74 Å². The van der Waals surface area contributed by atoms with Gasteiger partial charge >= 0.3 is 0 Å². The molecule has 3 aromatic rings. The number of H-pyrrole nitrogens is 1. The highest BCUT2D eigenvalue weighted by atomic mass is 16.5. The van der Waals surface area contributed by atoms with Crippen LogP contribution in [0.1, 0.15) is 26.4 Å². The summed E-state index contributed by atoms with van der Waals surface area (Å²) in [5.41, 5.74) is 0.432. The quantitative estimate of drug-likeness (QED) is 0.325. The van der Waals surface area contributed by atoms with Gasteiger partial charge in [0.05, 0.1) is 12.0 Å². The van der Waals surface area contributed by atoms with Gasteiger partial charge in [0, 0.05) is 24.6 Å². The summed E-state index contributed by atoms with van der Waals surface area (Å²) < 4.78 is 4.89. The molecule has 0 saturated carbocycles. The third-order valence-electron chi connectivity index (χ3n) is 4.32. The Morgan fingerprint density at radius 3 is 2.66 bits per heavy atom. The third kappa shape index (κ3) is 4.59. The van der Waals surface area contributed by atoms with Crippen molar-refractivity contribution in [1.29, 1.82) is 0 Å². The highest BCUT2D eigenvalue weighted by Crippen LogP contribution is 2.25. The Bertz CT molecular complexity index is 1150. The maximum atomic E-state index is 12.5. The van der Waals surface area contributed by atoms with Crippen molar-refractivity contribution in [3.63, 3.8) is 0 Å². The van der Waals surface area contributed by atoms with E-state index in [0.29, 0.717) is 35.1 Å². The average Bonchev–Trinajstić information content (AvgIpc) is 2.75. The number of aromatic amines is 1. The molecule has 0 saturated heterocycles. The number of amides is 1. The van der Waals surface area contributed by atoms with Gasteiger partial charge in [0.15, 0.2) is 5.75 Å². The number of carbonyl (C=O) groups is 2. The lowest BCUT2D eigenvalue weighted by Crippen LogP contribution is -2.26. The molecule has 0 radical (unpaired) electrons. The minimum atomic E-state index is -0.555. The Morgan fingerprint density at radius 2 is 1.90 bits per heavy atom. The first-order valence-electron chi connectivity index (χ1n) is 8.95. The molecular weight excluding hydrogens is 372 g/mol. The Hall–Kier alpha value is -3.71. The lowest BCUT2D eigenvalue weighted by Gasteiger charge is -2.06. The second-order valence-electron chi connectivity index (χ2n) is 6.30. The number of aromatic hydroxyl groups is 1. The molecule has 0 aliphatic heterocycles. The van der Waals surface area contributed by atoms with Crippen molar-refractivity contribution >= 4 is 28.5 Å². The number of carbonyl (C=O) groups excluding carboxylic acids is 2. The van der Waals surface area contributed by atoms with Gasteiger partial charge in [-0.05, 0) is 29.8 Å². The molecule has 0 bridgehead atoms. The third-order valence-corrected chi connectivity index (χ3v) is 4.32. The van der Waals surface area contributed by atoms with Crippen molar-refractivity contribution in [1.82, 2.24) is 10.3 Å². The van der Waals surface area contributed by atoms with E-state index in [2.05, 4.69) is 10.3 Å². The van der Waals surface area contributed by atoms with E-state index >= 15 is 0 Å². The van der Waals surface area contributed by atoms with Crippen molar-refractivity contribution in [2.75, 3.05) is 20.3 Å². The fourth-order valence-electron chi connectivity index (χ4n) is 2.85. The summed E-state index contributed by atoms with van der Waals surface area (Å²) in [4.78, 5) is 39.2. The number of methoxy groups -OCH3 is 1. The average molecular weight is 392 g/mol. The summed E-state index contributed by atoms with van der Waals surface area (Å²) in [7, 11) is 1.55. The molecule has 1 amide bonds. The molecule has 1 aromatic heterocycles. The van der Waals surface area contributed by atoms with E-state index in [-0.39, 0.29) is 17.4 Å². The van der Waals surface area contributed by atoms with Crippen molar-refractivity contribution in [2.45, 2.75) is 0 Å². The van der Waals surface area contributed by atoms with Crippen molar-refractivity contribution < 1.29 is 19.4 Å². The highest BCUT2D eigenvalue weighted by Gasteiger charge is 2.14. The normalized spacial score (nSPS) is 11.1. The number of benzene rings is 2. The first kappa shape index (κ1) is 20.0. The summed E-state index contributed by atoms with van der Waals surface area (Å²) in [5.74, 6) is -1.08. The summed E-state index contributed by atoms with van der Waals surface area (Å²) in [5, 5.41) is 13.7. The maximum Gasteiger partial charge on any atom is 0.256 e. The summed E-state index contributed by atoms with van der Waals surface area (Å²) >= 11 is 0. The van der Waals surface area contributed by atoms with E-state index in [9.17, 15) is 19.5 Å². The zero-order valence-electron chi connectivity index (χ0n) is 15.8. The number of rotatable bonds is 7. The van der Waals surface area contributed by atoms with Crippen LogP contribution < -0.4 is 10.9 Å². The van der Waals surface area contributed by atoms with Crippen LogP contribution in [0.15, 0.2) is 59.4 Å². The van der Waals surface area contributed by atoms with Crippen LogP contribution in [0, 0.1) is 0 Å². The van der Waals surface area contributed by atoms with Gasteiger partial charge in [0.2, 0.25) is 5.78 Å². The van der Waals surface area contributed by atoms with Gasteiger partial charge in [-0.3, -0.25) is 14.4 Å². The summed E-state index contributed by atoms with van der Waals surface area (Å²) in [6.45, 7) is 0.801. The predicted octanol–water partition coefficient (Wildman–Crippen LogP) is 2.51. The maximum absolute atomic E-state index is 12.5. The van der Waals surface area contributed by atoms with Gasteiger partial charge in [-0.15, -0.1) is 0 Å². The van der Waals surface area contributed by atoms with Gasteiger partial charge < -0.3 is 20.1 Å². The highest BCUT2D eigenvalue weighted by molar-refractivity contribution is 6.10. The Kier molecular flexibility index (Phi) is 6.21. The van der Waals surface area contributed by atoms with Crippen molar-refractivity contribution in [2.24, 2.45) is 0 Å². The molecular formula is C22H20N2O5. The fourth-order valence-corrected chi connectivity index (χ4v) is 2.85. The molecule has 1 heterocycles. The predicted molar refractivity (Wildman–Crippen MR) is 110 cm³/mol. The van der Waals surface area contributed by atoms with Crippen LogP contribution in [0.2, 0.25) is 0 Å². The Balaban J connectivity index is 1.82. The first-order chi connectivity index (χ1) is 14.0. The molecule has 29 heavy (non-hydrogen) atoms. The molecule has 0 aliphatic carbocycles. The number of fused-ring (bicyclic) bond motifs is 1. The molecule has 0 unspecified atom stereocenters. The van der Waals surface area contributed by atoms with E-state index in [1.807, 2.05) is 0 Å². The second-order valence-corrected chi connectivity index (χ2v) is 6.30. The number of allylic oxidation sites excluding steroid dienone is 1. The lowest BCUT2D eigenvalue weighted by atomic mass is 10.1. The largest absolute Gasteiger partial charge is 0.505 e. The summed E-state index contributed by atoms with van der Waals surface area (Å²) in [6.07, 6.45) is 2.75. The Labute approximate surface area is 166 Å². The lowest BCUT2D eigenvalue weighted by molar-refractivity contribution is 0.0936. The number of pyridine rings is 1. The van der Waals surface area contributed by atoms with Crippen LogP contribution in [0.4, 0.5) is 0 Å². The van der Waals surface area contributed by atoms with E-state index in [1.165, 1.54) is 12.2 Å². The number of ether oxygens (including phenoxy) is 1. The first-order valence-corrected chi connectivity index (χ1v) is 8.95. The fraction of sp³-hybridized carbons (Fsp3) is 0.136. The minimum Gasteiger partial charge on any atom is -0.505 e. The standard InChI is InChI=1S/C22H20N2O5/c1-29-12-11-23-21(27)15-6-4-5-14(13-15)9-10-18(25)19-20(26)16-7-2-3-8-17(16)22(28)24-19/h2-10,13,26H,11-12H2,1H3,(H,23,27)(H,24,28)/b10-9+. The summed E-state index contributed by atoms with van der Waals surface area (Å²) in [6, 6.07) is 13.2. The second kappa shape index (κ2) is 8.99. The molecule has 0 fully saturated rings. The van der Waals surface area contributed by atoms with Crippen LogP contribution in [-0.2, 0) is 4.74 Å². The topological polar surface area (TPSA) is 108 Å². The Morgan fingerprint density at radius 1 is 1.14 bits per heavy atom. The van der Waals surface area contributed by atoms with Gasteiger partial charge in [-0.2, -0.15) is 0 Å². The molecule has 0 aliphatic rings. The smallest absolute Gasteiger partial charge is 0.256 e. The van der Waals surface area contributed by atoms with Gasteiger partial charge in [-0.1, -0.05) is 36.4 Å². The van der Waals surface area contributed by atoms with E-state index < -0.39 is 11.3 Å². The number of ketones is 1. The number of hydrogen-bond acceptors (Lipinski definition) is 5. The van der Waals surface area contributed by atoms with Gasteiger partial charge in [0.1, 0.15) is 5.69 Å². The molecule has 7 nitrogen and oxygen atoms in total. The molecule has 3 N–H and O–H groups in total. The minimum absolute atomic E-state index is 0.182. The van der Waals surface area contributed by atoms with E-state index in [0.717, 1.165) is 0 Å². The number of hydrogen-bond donors (Lipinski definition) is 3. The zero-order chi connectivity index (χ0) is 20.8. The zero-order valence-corrected chi connectivity index (χ0v) is 15.8. The van der Waals surface area contributed by atoms with Crippen molar-refractivity contribution in [3.8, 4) is 5.75 Å². The molecule has 148 valence electrons. The molecule has 0 spiro atoms. The van der Waals surface area contributed by atoms with Gasteiger partial charge in [0.25, 0.3) is 11.5 Å². The van der Waals surface area contributed by atoms with Crippen molar-refractivity contribution in [3.05, 3.63) is 81.8 Å². The monoisotopic (exact) mass is 392 g/mol. The molecule has 2 aromatic carbocycles. The van der Waals surface area contributed by atoms with Crippen LogP contribution >= 0.6 is 0 Å². The number of aromatic nitrogens is 1. The molecule has 7 heteroatoms.